The molecule has 17 heavy (non-hydrogen) atoms. The lowest BCUT2D eigenvalue weighted by molar-refractivity contribution is -0.140. The van der Waals surface area contributed by atoms with E-state index in [1.807, 2.05) is 19.1 Å². The van der Waals surface area contributed by atoms with Gasteiger partial charge >= 0.3 is 5.97 Å². The molecule has 0 fully saturated rings. The lowest BCUT2D eigenvalue weighted by atomic mass is 9.94. The van der Waals surface area contributed by atoms with Crippen molar-refractivity contribution in [1.29, 1.82) is 0 Å². The van der Waals surface area contributed by atoms with Gasteiger partial charge in [0.15, 0.2) is 0 Å². The Hall–Kier alpha value is -1.51. The van der Waals surface area contributed by atoms with E-state index in [0.29, 0.717) is 12.2 Å². The maximum atomic E-state index is 11.0. The van der Waals surface area contributed by atoms with Crippen LogP contribution in [0.1, 0.15) is 43.2 Å². The van der Waals surface area contributed by atoms with Gasteiger partial charge in [-0.25, -0.2) is 0 Å². The van der Waals surface area contributed by atoms with Gasteiger partial charge in [-0.2, -0.15) is 0 Å². The number of methoxy groups -OCH3 is 1. The number of ether oxygens (including phenoxy) is 1. The minimum absolute atomic E-state index is 0.176. The average molecular weight is 236 g/mol. The van der Waals surface area contributed by atoms with E-state index in [1.165, 1.54) is 7.11 Å². The summed E-state index contributed by atoms with van der Waals surface area (Å²) in [4.78, 5) is 11.0. The van der Waals surface area contributed by atoms with Crippen LogP contribution in [-0.4, -0.2) is 18.2 Å². The van der Waals surface area contributed by atoms with Crippen LogP contribution in [0.5, 0.6) is 5.75 Å². The van der Waals surface area contributed by atoms with Crippen molar-refractivity contribution in [2.75, 3.05) is 7.11 Å². The summed E-state index contributed by atoms with van der Waals surface area (Å²) in [5.41, 5.74) is 1.99. The molecule has 1 N–H and O–H groups in total. The summed E-state index contributed by atoms with van der Waals surface area (Å²) in [6.07, 6.45) is 2.08. The Balaban J connectivity index is 2.52. The highest BCUT2D eigenvalue weighted by Crippen LogP contribution is 2.29. The van der Waals surface area contributed by atoms with E-state index in [-0.39, 0.29) is 11.9 Å². The van der Waals surface area contributed by atoms with Crippen LogP contribution in [0.15, 0.2) is 18.2 Å². The molecule has 0 unspecified atom stereocenters. The number of carbonyl (C=O) groups is 1. The van der Waals surface area contributed by atoms with Crippen molar-refractivity contribution < 1.29 is 14.6 Å². The number of phenols is 1. The van der Waals surface area contributed by atoms with E-state index in [1.54, 1.807) is 6.07 Å². The molecule has 0 saturated heterocycles. The normalized spacial score (nSPS) is 12.2. The van der Waals surface area contributed by atoms with Gasteiger partial charge in [0, 0.05) is 6.42 Å². The van der Waals surface area contributed by atoms with E-state index in [2.05, 4.69) is 11.7 Å². The maximum absolute atomic E-state index is 11.0. The number of esters is 1. The molecule has 0 amide bonds. The number of rotatable bonds is 5. The molecule has 0 spiro atoms. The number of aryl methyl sites for hydroxylation is 1. The summed E-state index contributed by atoms with van der Waals surface area (Å²) >= 11 is 0. The second kappa shape index (κ2) is 6.28. The predicted molar refractivity (Wildman–Crippen MR) is 67.1 cm³/mol. The SMILES string of the molecule is COC(=O)CCC[C@H](C)c1ccc(C)cc1O. The Kier molecular flexibility index (Phi) is 5.01. The zero-order valence-electron chi connectivity index (χ0n) is 10.7. The van der Waals surface area contributed by atoms with Crippen LogP contribution in [0.4, 0.5) is 0 Å². The van der Waals surface area contributed by atoms with E-state index in [0.717, 1.165) is 24.0 Å². The van der Waals surface area contributed by atoms with Gasteiger partial charge in [-0.05, 0) is 42.9 Å². The molecular formula is C14H20O3. The van der Waals surface area contributed by atoms with E-state index in [4.69, 9.17) is 0 Å². The predicted octanol–water partition coefficient (Wildman–Crippen LogP) is 3.15. The zero-order valence-corrected chi connectivity index (χ0v) is 10.7. The van der Waals surface area contributed by atoms with Crippen molar-refractivity contribution in [3.05, 3.63) is 29.3 Å². The van der Waals surface area contributed by atoms with Gasteiger partial charge in [-0.1, -0.05) is 19.1 Å². The number of aromatic hydroxyl groups is 1. The van der Waals surface area contributed by atoms with Crippen molar-refractivity contribution in [3.8, 4) is 5.75 Å². The fraction of sp³-hybridized carbons (Fsp3) is 0.500. The second-order valence-corrected chi connectivity index (χ2v) is 4.43. The van der Waals surface area contributed by atoms with Crippen LogP contribution in [0.3, 0.4) is 0 Å². The summed E-state index contributed by atoms with van der Waals surface area (Å²) in [5, 5.41) is 9.82. The molecule has 0 radical (unpaired) electrons. The number of carbonyl (C=O) groups excluding carboxylic acids is 1. The first-order valence-corrected chi connectivity index (χ1v) is 5.91. The van der Waals surface area contributed by atoms with Gasteiger partial charge in [0.1, 0.15) is 5.75 Å². The summed E-state index contributed by atoms with van der Waals surface area (Å²) < 4.78 is 4.59. The third-order valence-corrected chi connectivity index (χ3v) is 2.96. The molecular weight excluding hydrogens is 216 g/mol. The van der Waals surface area contributed by atoms with E-state index < -0.39 is 0 Å². The molecule has 0 aliphatic carbocycles. The molecule has 1 atom stereocenters. The first-order chi connectivity index (χ1) is 8.04. The van der Waals surface area contributed by atoms with Gasteiger partial charge in [0.05, 0.1) is 7.11 Å². The molecule has 94 valence electrons. The largest absolute Gasteiger partial charge is 0.508 e. The van der Waals surface area contributed by atoms with Crippen LogP contribution in [0.25, 0.3) is 0 Å². The first kappa shape index (κ1) is 13.6. The fourth-order valence-corrected chi connectivity index (χ4v) is 1.88. The summed E-state index contributed by atoms with van der Waals surface area (Å²) in [7, 11) is 1.40. The number of phenolic OH excluding ortho intramolecular Hbond substituents is 1. The Morgan fingerprint density at radius 3 is 2.76 bits per heavy atom. The average Bonchev–Trinajstić information content (AvgIpc) is 2.28. The number of hydrogen-bond donors (Lipinski definition) is 1. The van der Waals surface area contributed by atoms with Gasteiger partial charge in [-0.15, -0.1) is 0 Å². The quantitative estimate of drug-likeness (QED) is 0.799. The molecule has 0 bridgehead atoms. The molecule has 0 aliphatic rings. The molecule has 1 aromatic rings. The minimum atomic E-state index is -0.176. The van der Waals surface area contributed by atoms with Crippen molar-refractivity contribution >= 4 is 5.97 Å². The highest BCUT2D eigenvalue weighted by atomic mass is 16.5. The van der Waals surface area contributed by atoms with Crippen LogP contribution in [0.2, 0.25) is 0 Å². The molecule has 1 rings (SSSR count). The van der Waals surface area contributed by atoms with Crippen LogP contribution < -0.4 is 0 Å². The number of hydrogen-bond acceptors (Lipinski definition) is 3. The summed E-state index contributed by atoms with van der Waals surface area (Å²) in [6, 6.07) is 5.71. The summed E-state index contributed by atoms with van der Waals surface area (Å²) in [5.74, 6) is 0.418. The van der Waals surface area contributed by atoms with Crippen molar-refractivity contribution in [2.24, 2.45) is 0 Å². The van der Waals surface area contributed by atoms with Crippen molar-refractivity contribution in [1.82, 2.24) is 0 Å². The van der Waals surface area contributed by atoms with Crippen molar-refractivity contribution in [3.63, 3.8) is 0 Å². The van der Waals surface area contributed by atoms with E-state index in [9.17, 15) is 9.90 Å². The fourth-order valence-electron chi connectivity index (χ4n) is 1.88. The molecule has 0 saturated carbocycles. The standard InChI is InChI=1S/C14H20O3/c1-10-7-8-12(13(15)9-10)11(2)5-4-6-14(16)17-3/h7-9,11,15H,4-6H2,1-3H3/t11-/m0/s1. The topological polar surface area (TPSA) is 46.5 Å². The van der Waals surface area contributed by atoms with Gasteiger partial charge in [0.2, 0.25) is 0 Å². The molecule has 0 aliphatic heterocycles. The van der Waals surface area contributed by atoms with Crippen LogP contribution >= 0.6 is 0 Å². The Bertz CT molecular complexity index is 385. The zero-order chi connectivity index (χ0) is 12.8. The summed E-state index contributed by atoms with van der Waals surface area (Å²) in [6.45, 7) is 4.01. The first-order valence-electron chi connectivity index (χ1n) is 5.91. The second-order valence-electron chi connectivity index (χ2n) is 4.43. The lowest BCUT2D eigenvalue weighted by Gasteiger charge is -2.13. The van der Waals surface area contributed by atoms with Crippen LogP contribution in [0, 0.1) is 6.92 Å². The van der Waals surface area contributed by atoms with Crippen LogP contribution in [-0.2, 0) is 9.53 Å². The molecule has 0 heterocycles. The monoisotopic (exact) mass is 236 g/mol. The third-order valence-electron chi connectivity index (χ3n) is 2.96. The minimum Gasteiger partial charge on any atom is -0.508 e. The van der Waals surface area contributed by atoms with Crippen molar-refractivity contribution in [2.45, 2.75) is 39.0 Å². The van der Waals surface area contributed by atoms with E-state index >= 15 is 0 Å². The molecule has 1 aromatic carbocycles. The highest BCUT2D eigenvalue weighted by Gasteiger charge is 2.11. The third kappa shape index (κ3) is 4.10. The smallest absolute Gasteiger partial charge is 0.305 e. The van der Waals surface area contributed by atoms with Gasteiger partial charge < -0.3 is 9.84 Å². The Morgan fingerprint density at radius 1 is 1.47 bits per heavy atom. The van der Waals surface area contributed by atoms with Gasteiger partial charge in [-0.3, -0.25) is 4.79 Å². The highest BCUT2D eigenvalue weighted by molar-refractivity contribution is 5.69. The number of benzene rings is 1. The maximum Gasteiger partial charge on any atom is 0.305 e. The molecule has 3 nitrogen and oxygen atoms in total. The molecule has 0 aromatic heterocycles. The lowest BCUT2D eigenvalue weighted by Crippen LogP contribution is -2.01. The van der Waals surface area contributed by atoms with Gasteiger partial charge in [0.25, 0.3) is 0 Å². The Morgan fingerprint density at radius 2 is 2.18 bits per heavy atom. The molecule has 3 heteroatoms. The Labute approximate surface area is 102 Å².